The zero-order valence-corrected chi connectivity index (χ0v) is 26.1. The number of hydrogen-bond acceptors (Lipinski definition) is 0. The van der Waals surface area contributed by atoms with Gasteiger partial charge in [0.2, 0.25) is 0 Å². The van der Waals surface area contributed by atoms with Crippen molar-refractivity contribution < 1.29 is 4.57 Å². The van der Waals surface area contributed by atoms with Gasteiger partial charge in [0.25, 0.3) is 5.82 Å². The lowest BCUT2D eigenvalue weighted by atomic mass is 10.1. The second kappa shape index (κ2) is 26.8. The van der Waals surface area contributed by atoms with E-state index in [1.807, 2.05) is 0 Å². The van der Waals surface area contributed by atoms with Crippen molar-refractivity contribution >= 4 is 0 Å². The van der Waals surface area contributed by atoms with E-state index in [-0.39, 0.29) is 0 Å². The first-order chi connectivity index (χ1) is 18.3. The standard InChI is InChI=1S/C35H69N2/c1-4-7-10-12-14-16-18-20-22-24-26-28-31-36-33-34-37(35(36)30-9-6-3)32-29-27-25-23-21-19-17-15-13-11-8-5-2/h33-34H,4-32H2,1-3H3/q+1. The number of unbranched alkanes of at least 4 members (excludes halogenated alkanes) is 23. The molecule has 0 fully saturated rings. The smallest absolute Gasteiger partial charge is 0.234 e. The summed E-state index contributed by atoms with van der Waals surface area (Å²) in [6.45, 7) is 9.39. The Morgan fingerprint density at radius 2 is 0.838 bits per heavy atom. The van der Waals surface area contributed by atoms with E-state index in [0.29, 0.717) is 0 Å². The molecule has 0 spiro atoms. The molecule has 0 aromatic carbocycles. The lowest BCUT2D eigenvalue weighted by Gasteiger charge is -2.06. The molecule has 2 heteroatoms. The summed E-state index contributed by atoms with van der Waals surface area (Å²) in [7, 11) is 0. The molecule has 0 saturated heterocycles. The van der Waals surface area contributed by atoms with Crippen LogP contribution in [-0.2, 0) is 19.5 Å². The van der Waals surface area contributed by atoms with Crippen LogP contribution in [0.5, 0.6) is 0 Å². The quantitative estimate of drug-likeness (QED) is 0.0737. The molecule has 0 aliphatic carbocycles. The van der Waals surface area contributed by atoms with Gasteiger partial charge in [-0.3, -0.25) is 0 Å². The maximum Gasteiger partial charge on any atom is 0.256 e. The van der Waals surface area contributed by atoms with Crippen LogP contribution < -0.4 is 4.57 Å². The predicted octanol–water partition coefficient (Wildman–Crippen LogP) is 11.5. The summed E-state index contributed by atoms with van der Waals surface area (Å²) in [6.07, 6.45) is 43.0. The number of nitrogens with zero attached hydrogens (tertiary/aromatic N) is 2. The Labute approximate surface area is 234 Å². The molecule has 2 nitrogen and oxygen atoms in total. The number of aryl methyl sites for hydroxylation is 2. The van der Waals surface area contributed by atoms with Gasteiger partial charge in [-0.1, -0.05) is 156 Å². The van der Waals surface area contributed by atoms with Gasteiger partial charge >= 0.3 is 0 Å². The van der Waals surface area contributed by atoms with Crippen molar-refractivity contribution in [3.63, 3.8) is 0 Å². The SMILES string of the molecule is CCCCCCCCCCCCCCn1cc[n+](CCCCCCCCCCCCCC)c1CCCC. The lowest BCUT2D eigenvalue weighted by Crippen LogP contribution is -2.37. The van der Waals surface area contributed by atoms with Crippen LogP contribution in [-0.4, -0.2) is 4.57 Å². The summed E-state index contributed by atoms with van der Waals surface area (Å²) < 4.78 is 5.18. The Balaban J connectivity index is 2.12. The van der Waals surface area contributed by atoms with E-state index in [9.17, 15) is 0 Å². The van der Waals surface area contributed by atoms with Gasteiger partial charge in [-0.05, 0) is 32.1 Å². The highest BCUT2D eigenvalue weighted by atomic mass is 15.1. The second-order valence-electron chi connectivity index (χ2n) is 12.0. The van der Waals surface area contributed by atoms with Gasteiger partial charge in [-0.25, -0.2) is 9.13 Å². The molecule has 1 rings (SSSR count). The van der Waals surface area contributed by atoms with Crippen LogP contribution in [0.15, 0.2) is 12.4 Å². The molecular formula is C35H69N2+. The average molecular weight is 518 g/mol. The maximum atomic E-state index is 2.59. The third-order valence-electron chi connectivity index (χ3n) is 8.35. The van der Waals surface area contributed by atoms with Crippen molar-refractivity contribution in [3.05, 3.63) is 18.2 Å². The fourth-order valence-electron chi connectivity index (χ4n) is 5.77. The Morgan fingerprint density at radius 3 is 1.27 bits per heavy atom. The zero-order valence-electron chi connectivity index (χ0n) is 26.1. The summed E-state index contributed by atoms with van der Waals surface area (Å²) in [5.74, 6) is 1.59. The van der Waals surface area contributed by atoms with Crippen LogP contribution in [0.2, 0.25) is 0 Å². The van der Waals surface area contributed by atoms with Crippen LogP contribution in [0.4, 0.5) is 0 Å². The van der Waals surface area contributed by atoms with Gasteiger partial charge in [-0.15, -0.1) is 0 Å². The minimum Gasteiger partial charge on any atom is -0.234 e. The summed E-state index contributed by atoms with van der Waals surface area (Å²) in [4.78, 5) is 0. The molecule has 0 unspecified atom stereocenters. The summed E-state index contributed by atoms with van der Waals surface area (Å²) in [5, 5.41) is 0. The molecule has 37 heavy (non-hydrogen) atoms. The average Bonchev–Trinajstić information content (AvgIpc) is 3.29. The van der Waals surface area contributed by atoms with Gasteiger partial charge in [0.15, 0.2) is 0 Å². The number of rotatable bonds is 29. The number of aromatic nitrogens is 2. The Hall–Kier alpha value is -0.790. The summed E-state index contributed by atoms with van der Waals surface area (Å²) in [6, 6.07) is 0. The highest BCUT2D eigenvalue weighted by Gasteiger charge is 2.16. The summed E-state index contributed by atoms with van der Waals surface area (Å²) >= 11 is 0. The monoisotopic (exact) mass is 518 g/mol. The second-order valence-corrected chi connectivity index (χ2v) is 12.0. The van der Waals surface area contributed by atoms with Crippen molar-refractivity contribution in [2.24, 2.45) is 0 Å². The molecule has 1 aromatic rings. The first-order valence-corrected chi connectivity index (χ1v) is 17.4. The minimum absolute atomic E-state index is 1.22. The zero-order chi connectivity index (χ0) is 26.7. The van der Waals surface area contributed by atoms with Gasteiger partial charge in [0.1, 0.15) is 12.4 Å². The van der Waals surface area contributed by atoms with E-state index in [2.05, 4.69) is 42.3 Å². The van der Waals surface area contributed by atoms with Crippen LogP contribution >= 0.6 is 0 Å². The number of hydrogen-bond donors (Lipinski definition) is 0. The van der Waals surface area contributed by atoms with E-state index in [1.54, 1.807) is 5.82 Å². The molecule has 0 amide bonds. The van der Waals surface area contributed by atoms with E-state index < -0.39 is 0 Å². The van der Waals surface area contributed by atoms with Gasteiger partial charge in [-0.2, -0.15) is 0 Å². The topological polar surface area (TPSA) is 8.81 Å². The Bertz CT molecular complexity index is 530. The largest absolute Gasteiger partial charge is 0.256 e. The molecule has 0 bridgehead atoms. The van der Waals surface area contributed by atoms with Crippen molar-refractivity contribution in [2.75, 3.05) is 0 Å². The Morgan fingerprint density at radius 1 is 0.459 bits per heavy atom. The normalized spacial score (nSPS) is 11.5. The Kier molecular flexibility index (Phi) is 24.8. The minimum atomic E-state index is 1.22. The van der Waals surface area contributed by atoms with Crippen molar-refractivity contribution in [1.29, 1.82) is 0 Å². The number of imidazole rings is 1. The highest BCUT2D eigenvalue weighted by molar-refractivity contribution is 4.84. The van der Waals surface area contributed by atoms with E-state index in [0.717, 1.165) is 0 Å². The van der Waals surface area contributed by atoms with Crippen molar-refractivity contribution in [3.8, 4) is 0 Å². The van der Waals surface area contributed by atoms with Crippen LogP contribution in [0.25, 0.3) is 0 Å². The first-order valence-electron chi connectivity index (χ1n) is 17.4. The molecule has 0 N–H and O–H groups in total. The first kappa shape index (κ1) is 34.2. The van der Waals surface area contributed by atoms with E-state index >= 15 is 0 Å². The molecule has 1 aromatic heterocycles. The van der Waals surface area contributed by atoms with E-state index in [1.165, 1.54) is 186 Å². The molecule has 1 heterocycles. The van der Waals surface area contributed by atoms with Crippen LogP contribution in [0, 0.1) is 0 Å². The fourth-order valence-corrected chi connectivity index (χ4v) is 5.77. The maximum absolute atomic E-state index is 2.59. The molecule has 0 aliphatic heterocycles. The van der Waals surface area contributed by atoms with Crippen molar-refractivity contribution in [1.82, 2.24) is 4.57 Å². The molecule has 218 valence electrons. The summed E-state index contributed by atoms with van der Waals surface area (Å²) in [5.41, 5.74) is 0. The predicted molar refractivity (Wildman–Crippen MR) is 165 cm³/mol. The molecule has 0 atom stereocenters. The molecule has 0 aliphatic rings. The molecule has 0 radical (unpaired) electrons. The highest BCUT2D eigenvalue weighted by Crippen LogP contribution is 2.14. The van der Waals surface area contributed by atoms with Gasteiger partial charge in [0, 0.05) is 6.42 Å². The van der Waals surface area contributed by atoms with Gasteiger partial charge in [0.05, 0.1) is 13.1 Å². The molecular weight excluding hydrogens is 448 g/mol. The van der Waals surface area contributed by atoms with Gasteiger partial charge < -0.3 is 0 Å². The lowest BCUT2D eigenvalue weighted by molar-refractivity contribution is -0.704. The third kappa shape index (κ3) is 19.9. The third-order valence-corrected chi connectivity index (χ3v) is 8.35. The van der Waals surface area contributed by atoms with E-state index in [4.69, 9.17) is 0 Å². The van der Waals surface area contributed by atoms with Crippen LogP contribution in [0.3, 0.4) is 0 Å². The van der Waals surface area contributed by atoms with Crippen molar-refractivity contribution in [2.45, 2.75) is 207 Å². The van der Waals surface area contributed by atoms with Crippen LogP contribution in [0.1, 0.15) is 194 Å². The molecule has 0 saturated carbocycles. The fraction of sp³-hybridized carbons (Fsp3) is 0.914.